The molecule has 0 saturated carbocycles. The van der Waals surface area contributed by atoms with Crippen molar-refractivity contribution in [2.45, 2.75) is 174 Å². The molecular weight excluding hydrogens is 450 g/mol. The van der Waals surface area contributed by atoms with E-state index in [1.807, 2.05) is 0 Å². The van der Waals surface area contributed by atoms with Crippen LogP contribution in [0.1, 0.15) is 162 Å². The molecule has 1 heterocycles. The summed E-state index contributed by atoms with van der Waals surface area (Å²) in [5.74, 6) is -0.116. The summed E-state index contributed by atoms with van der Waals surface area (Å²) in [7, 11) is 0. The molecule has 212 valence electrons. The average molecular weight is 510 g/mol. The van der Waals surface area contributed by atoms with Gasteiger partial charge in [-0.2, -0.15) is 0 Å². The van der Waals surface area contributed by atoms with Crippen LogP contribution in [0.25, 0.3) is 0 Å². The van der Waals surface area contributed by atoms with E-state index in [2.05, 4.69) is 13.8 Å². The minimum Gasteiger partial charge on any atom is -0.462 e. The van der Waals surface area contributed by atoms with Crippen molar-refractivity contribution in [3.8, 4) is 0 Å². The summed E-state index contributed by atoms with van der Waals surface area (Å²) in [4.78, 5) is 27.3. The Morgan fingerprint density at radius 1 is 0.778 bits per heavy atom. The van der Waals surface area contributed by atoms with Crippen LogP contribution in [-0.2, 0) is 14.3 Å². The monoisotopic (exact) mass is 509 g/mol. The highest BCUT2D eigenvalue weighted by molar-refractivity contribution is 5.78. The van der Waals surface area contributed by atoms with Crippen molar-refractivity contribution in [1.29, 1.82) is 0 Å². The van der Waals surface area contributed by atoms with Gasteiger partial charge in [-0.25, -0.2) is 0 Å². The van der Waals surface area contributed by atoms with Gasteiger partial charge in [0.25, 0.3) is 0 Å². The Morgan fingerprint density at radius 3 is 1.81 bits per heavy atom. The minimum atomic E-state index is -0.326. The zero-order chi connectivity index (χ0) is 26.3. The van der Waals surface area contributed by atoms with Crippen LogP contribution in [0, 0.1) is 0 Å². The number of nitrogens with zero attached hydrogens (tertiary/aromatic N) is 1. The third-order valence-electron chi connectivity index (χ3n) is 7.72. The molecule has 1 aliphatic heterocycles. The molecule has 0 aliphatic carbocycles. The van der Waals surface area contributed by atoms with Gasteiger partial charge in [-0.1, -0.05) is 117 Å². The van der Waals surface area contributed by atoms with Gasteiger partial charge < -0.3 is 14.7 Å². The number of unbranched alkanes of at least 4 members (excludes halogenated alkanes) is 16. The van der Waals surface area contributed by atoms with Gasteiger partial charge in [0.05, 0.1) is 19.1 Å². The molecule has 36 heavy (non-hydrogen) atoms. The summed E-state index contributed by atoms with van der Waals surface area (Å²) in [5.41, 5.74) is 0. The van der Waals surface area contributed by atoms with E-state index in [4.69, 9.17) is 4.74 Å². The molecule has 1 fully saturated rings. The lowest BCUT2D eigenvalue weighted by molar-refractivity contribution is -0.152. The lowest BCUT2D eigenvalue weighted by atomic mass is 10.0. The molecule has 1 aliphatic rings. The first-order valence-electron chi connectivity index (χ1n) is 15.7. The summed E-state index contributed by atoms with van der Waals surface area (Å²) in [6, 6.07) is -0.0662. The Morgan fingerprint density at radius 2 is 1.28 bits per heavy atom. The van der Waals surface area contributed by atoms with Crippen LogP contribution in [0.2, 0.25) is 0 Å². The molecule has 1 rings (SSSR count). The molecule has 1 saturated heterocycles. The normalized spacial score (nSPS) is 16.4. The fourth-order valence-electron chi connectivity index (χ4n) is 5.38. The minimum absolute atomic E-state index is 0.0209. The summed E-state index contributed by atoms with van der Waals surface area (Å²) in [6.45, 7) is 5.22. The maximum absolute atomic E-state index is 12.9. The number of likely N-dealkylation sites (tertiary alicyclic amines) is 1. The smallest absolute Gasteiger partial charge is 0.306 e. The van der Waals surface area contributed by atoms with Crippen LogP contribution in [0.4, 0.5) is 0 Å². The molecule has 5 nitrogen and oxygen atoms in total. The van der Waals surface area contributed by atoms with Crippen molar-refractivity contribution in [2.75, 3.05) is 13.2 Å². The Kier molecular flexibility index (Phi) is 21.1. The van der Waals surface area contributed by atoms with E-state index in [-0.39, 0.29) is 37.0 Å². The number of esters is 1. The van der Waals surface area contributed by atoms with Crippen molar-refractivity contribution in [3.63, 3.8) is 0 Å². The van der Waals surface area contributed by atoms with E-state index in [0.29, 0.717) is 13.0 Å². The van der Waals surface area contributed by atoms with Gasteiger partial charge in [-0.05, 0) is 32.1 Å². The van der Waals surface area contributed by atoms with Crippen LogP contribution >= 0.6 is 0 Å². The maximum Gasteiger partial charge on any atom is 0.306 e. The topological polar surface area (TPSA) is 66.8 Å². The number of hydrogen-bond acceptors (Lipinski definition) is 4. The predicted octanol–water partition coefficient (Wildman–Crippen LogP) is 8.11. The highest BCUT2D eigenvalue weighted by Crippen LogP contribution is 2.21. The number of rotatable bonds is 24. The molecule has 0 aromatic rings. The second-order valence-electron chi connectivity index (χ2n) is 11.1. The number of hydrogen-bond donors (Lipinski definition) is 1. The number of amides is 1. The fourth-order valence-corrected chi connectivity index (χ4v) is 5.38. The van der Waals surface area contributed by atoms with Crippen LogP contribution in [0.5, 0.6) is 0 Å². The number of ether oxygens (including phenoxy) is 1. The van der Waals surface area contributed by atoms with Crippen LogP contribution in [0.3, 0.4) is 0 Å². The third-order valence-corrected chi connectivity index (χ3v) is 7.72. The molecule has 1 amide bonds. The van der Waals surface area contributed by atoms with Gasteiger partial charge in [0.1, 0.15) is 6.10 Å². The van der Waals surface area contributed by atoms with Gasteiger partial charge in [0.15, 0.2) is 0 Å². The van der Waals surface area contributed by atoms with E-state index in [9.17, 15) is 14.7 Å². The van der Waals surface area contributed by atoms with Gasteiger partial charge in [-0.15, -0.1) is 0 Å². The highest BCUT2D eigenvalue weighted by atomic mass is 16.5. The lowest BCUT2D eigenvalue weighted by Crippen LogP contribution is -2.39. The molecular formula is C31H59NO4. The first kappa shape index (κ1) is 32.9. The lowest BCUT2D eigenvalue weighted by Gasteiger charge is -2.26. The second kappa shape index (κ2) is 23.0. The largest absolute Gasteiger partial charge is 0.462 e. The molecule has 0 unspecified atom stereocenters. The Balaban J connectivity index is 2.33. The van der Waals surface area contributed by atoms with Gasteiger partial charge >= 0.3 is 5.97 Å². The van der Waals surface area contributed by atoms with Crippen molar-refractivity contribution < 1.29 is 19.4 Å². The Hall–Kier alpha value is -1.10. The highest BCUT2D eigenvalue weighted by Gasteiger charge is 2.30. The molecule has 0 aromatic carbocycles. The molecule has 5 heteroatoms. The molecule has 2 atom stereocenters. The van der Waals surface area contributed by atoms with E-state index in [1.54, 1.807) is 4.90 Å². The Bertz CT molecular complexity index is 539. The second-order valence-corrected chi connectivity index (χ2v) is 11.1. The summed E-state index contributed by atoms with van der Waals surface area (Å²) < 4.78 is 5.84. The number of carbonyl (C=O) groups is 2. The number of aliphatic hydroxyl groups excluding tert-OH is 1. The van der Waals surface area contributed by atoms with Gasteiger partial charge in [-0.3, -0.25) is 9.59 Å². The number of carbonyl (C=O) groups excluding carboxylic acids is 2. The first-order valence-corrected chi connectivity index (χ1v) is 15.7. The van der Waals surface area contributed by atoms with Crippen LogP contribution in [0.15, 0.2) is 0 Å². The molecule has 0 aromatic heterocycles. The van der Waals surface area contributed by atoms with Crippen molar-refractivity contribution >= 4 is 11.9 Å². The predicted molar refractivity (Wildman–Crippen MR) is 150 cm³/mol. The maximum atomic E-state index is 12.9. The van der Waals surface area contributed by atoms with Crippen molar-refractivity contribution in [1.82, 2.24) is 4.90 Å². The van der Waals surface area contributed by atoms with E-state index in [0.717, 1.165) is 44.9 Å². The molecule has 0 bridgehead atoms. The molecule has 0 radical (unpaired) electrons. The average Bonchev–Trinajstić information content (AvgIpc) is 3.36. The first-order chi connectivity index (χ1) is 17.6. The molecule has 0 spiro atoms. The van der Waals surface area contributed by atoms with E-state index < -0.39 is 0 Å². The van der Waals surface area contributed by atoms with E-state index in [1.165, 1.54) is 89.9 Å². The quantitative estimate of drug-likeness (QED) is 0.105. The SMILES string of the molecule is CCCCCCCCCCCC(=O)O[C@H](CCCCCCCCCCC)CC(=O)N1CCC[C@H]1CO. The van der Waals surface area contributed by atoms with Gasteiger partial charge in [0.2, 0.25) is 5.91 Å². The molecule has 1 N–H and O–H groups in total. The summed E-state index contributed by atoms with van der Waals surface area (Å²) in [6.07, 6.45) is 25.2. The van der Waals surface area contributed by atoms with Crippen molar-refractivity contribution in [2.24, 2.45) is 0 Å². The summed E-state index contributed by atoms with van der Waals surface area (Å²) >= 11 is 0. The van der Waals surface area contributed by atoms with Crippen LogP contribution < -0.4 is 0 Å². The standard InChI is InChI=1S/C31H59NO4/c1-3-5-7-9-11-13-15-17-19-23-29(26-30(34)32-25-21-22-28(32)27-33)36-31(35)24-20-18-16-14-12-10-8-6-4-2/h28-29,33H,3-27H2,1-2H3/t28-,29+/m0/s1. The zero-order valence-corrected chi connectivity index (χ0v) is 24.0. The summed E-state index contributed by atoms with van der Waals surface area (Å²) in [5, 5.41) is 9.59. The zero-order valence-electron chi connectivity index (χ0n) is 24.0. The van der Waals surface area contributed by atoms with Gasteiger partial charge in [0, 0.05) is 13.0 Å². The third kappa shape index (κ3) is 16.6. The van der Waals surface area contributed by atoms with Crippen molar-refractivity contribution in [3.05, 3.63) is 0 Å². The van der Waals surface area contributed by atoms with E-state index >= 15 is 0 Å². The fraction of sp³-hybridized carbons (Fsp3) is 0.935. The number of aliphatic hydroxyl groups is 1. The Labute approximate surface area is 223 Å². The van der Waals surface area contributed by atoms with Crippen LogP contribution in [-0.4, -0.2) is 47.2 Å².